The van der Waals surface area contributed by atoms with Gasteiger partial charge in [-0.1, -0.05) is 18.2 Å². The summed E-state index contributed by atoms with van der Waals surface area (Å²) in [4.78, 5) is 0. The molecule has 89 valence electrons. The number of aromatic nitrogens is 1. The van der Waals surface area contributed by atoms with Gasteiger partial charge < -0.3 is 9.88 Å². The molecule has 1 N–H and O–H groups in total. The van der Waals surface area contributed by atoms with Gasteiger partial charge in [-0.3, -0.25) is 0 Å². The van der Waals surface area contributed by atoms with Gasteiger partial charge in [0.15, 0.2) is 0 Å². The van der Waals surface area contributed by atoms with Crippen LogP contribution in [-0.4, -0.2) is 17.7 Å². The van der Waals surface area contributed by atoms with Crippen molar-refractivity contribution in [1.29, 1.82) is 0 Å². The van der Waals surface area contributed by atoms with Gasteiger partial charge >= 0.3 is 0 Å². The molecule has 1 aromatic heterocycles. The molecular weight excluding hydrogens is 208 g/mol. The predicted molar refractivity (Wildman–Crippen MR) is 71.0 cm³/mol. The van der Waals surface area contributed by atoms with Crippen molar-refractivity contribution in [3.8, 4) is 0 Å². The second-order valence-electron chi connectivity index (χ2n) is 4.97. The van der Waals surface area contributed by atoms with E-state index >= 15 is 0 Å². The second-order valence-corrected chi connectivity index (χ2v) is 4.97. The summed E-state index contributed by atoms with van der Waals surface area (Å²) in [5.74, 6) is 0.900. The molecule has 1 fully saturated rings. The van der Waals surface area contributed by atoms with Crippen LogP contribution in [0, 0.1) is 12.0 Å². The summed E-state index contributed by atoms with van der Waals surface area (Å²) in [6.45, 7) is 3.53. The van der Waals surface area contributed by atoms with Crippen molar-refractivity contribution in [3.05, 3.63) is 36.5 Å². The van der Waals surface area contributed by atoms with E-state index in [4.69, 9.17) is 0 Å². The van der Waals surface area contributed by atoms with Crippen molar-refractivity contribution in [2.24, 2.45) is 5.92 Å². The zero-order valence-electron chi connectivity index (χ0n) is 10.2. The normalized spacial score (nSPS) is 17.6. The van der Waals surface area contributed by atoms with E-state index in [-0.39, 0.29) is 0 Å². The van der Waals surface area contributed by atoms with Crippen LogP contribution in [0.25, 0.3) is 10.9 Å². The van der Waals surface area contributed by atoms with Crippen LogP contribution >= 0.6 is 0 Å². The average molecular weight is 227 g/mol. The first kappa shape index (κ1) is 10.8. The fraction of sp³-hybridized carbons (Fsp3) is 0.467. The van der Waals surface area contributed by atoms with E-state index in [0.29, 0.717) is 0 Å². The standard InChI is InChI=1S/C15H19N2/c1-2-4-15-14(3-1)8-12-17(15)11-7-13-5-9-16-10-6-13/h1-4,12-13,16H,5-7,9-11H2. The third-order valence-electron chi connectivity index (χ3n) is 3.83. The van der Waals surface area contributed by atoms with Gasteiger partial charge in [0.2, 0.25) is 0 Å². The Morgan fingerprint density at radius 1 is 1.24 bits per heavy atom. The maximum Gasteiger partial charge on any atom is 0.0486 e. The summed E-state index contributed by atoms with van der Waals surface area (Å²) in [5.41, 5.74) is 1.32. The minimum atomic E-state index is 0.900. The number of rotatable bonds is 3. The molecule has 3 rings (SSSR count). The van der Waals surface area contributed by atoms with E-state index in [9.17, 15) is 0 Å². The Hall–Kier alpha value is -1.28. The van der Waals surface area contributed by atoms with Crippen molar-refractivity contribution >= 4 is 10.9 Å². The summed E-state index contributed by atoms with van der Waals surface area (Å²) in [7, 11) is 0. The predicted octanol–water partition coefficient (Wildman–Crippen LogP) is 2.83. The summed E-state index contributed by atoms with van der Waals surface area (Å²) in [6, 6.07) is 11.8. The molecule has 2 aromatic rings. The van der Waals surface area contributed by atoms with Crippen LogP contribution < -0.4 is 5.32 Å². The lowest BCUT2D eigenvalue weighted by Gasteiger charge is -2.22. The molecular formula is C15H19N2. The Morgan fingerprint density at radius 3 is 2.94 bits per heavy atom. The van der Waals surface area contributed by atoms with Gasteiger partial charge in [-0.15, -0.1) is 0 Å². The first-order chi connectivity index (χ1) is 8.43. The summed E-state index contributed by atoms with van der Waals surface area (Å²) in [5, 5.41) is 4.66. The maximum absolute atomic E-state index is 3.42. The first-order valence-electron chi connectivity index (χ1n) is 6.60. The minimum Gasteiger partial charge on any atom is -0.347 e. The second kappa shape index (κ2) is 4.92. The first-order valence-corrected chi connectivity index (χ1v) is 6.60. The highest BCUT2D eigenvalue weighted by atomic mass is 15.0. The molecule has 1 aliphatic rings. The van der Waals surface area contributed by atoms with Crippen LogP contribution in [0.3, 0.4) is 0 Å². The van der Waals surface area contributed by atoms with Crippen molar-refractivity contribution in [2.45, 2.75) is 25.8 Å². The van der Waals surface area contributed by atoms with Gasteiger partial charge in [-0.05, 0) is 44.3 Å². The number of hydrogen-bond donors (Lipinski definition) is 1. The zero-order chi connectivity index (χ0) is 11.5. The quantitative estimate of drug-likeness (QED) is 0.853. The van der Waals surface area contributed by atoms with Gasteiger partial charge in [0.25, 0.3) is 0 Å². The molecule has 0 amide bonds. The lowest BCUT2D eigenvalue weighted by Crippen LogP contribution is -2.28. The molecule has 0 spiro atoms. The van der Waals surface area contributed by atoms with Crippen LogP contribution in [0.5, 0.6) is 0 Å². The SMILES string of the molecule is [c]1cn(CCC2CCNCC2)c2ccccc12. The molecule has 1 aromatic carbocycles. The number of benzene rings is 1. The van der Waals surface area contributed by atoms with E-state index in [1.807, 2.05) is 0 Å². The molecule has 0 bridgehead atoms. The van der Waals surface area contributed by atoms with Gasteiger partial charge in [0.1, 0.15) is 0 Å². The topological polar surface area (TPSA) is 17.0 Å². The molecule has 0 atom stereocenters. The van der Waals surface area contributed by atoms with Gasteiger partial charge in [-0.2, -0.15) is 0 Å². The number of para-hydroxylation sites is 1. The van der Waals surface area contributed by atoms with Gasteiger partial charge in [0.05, 0.1) is 0 Å². The fourth-order valence-corrected chi connectivity index (χ4v) is 2.74. The zero-order valence-corrected chi connectivity index (χ0v) is 10.2. The molecule has 2 heterocycles. The third-order valence-corrected chi connectivity index (χ3v) is 3.83. The van der Waals surface area contributed by atoms with Crippen molar-refractivity contribution in [1.82, 2.24) is 9.88 Å². The smallest absolute Gasteiger partial charge is 0.0486 e. The molecule has 0 unspecified atom stereocenters. The average Bonchev–Trinajstić information content (AvgIpc) is 2.81. The number of hydrogen-bond acceptors (Lipinski definition) is 1. The monoisotopic (exact) mass is 227 g/mol. The van der Waals surface area contributed by atoms with Crippen LogP contribution in [-0.2, 0) is 6.54 Å². The Morgan fingerprint density at radius 2 is 2.06 bits per heavy atom. The van der Waals surface area contributed by atoms with Crippen molar-refractivity contribution in [2.75, 3.05) is 13.1 Å². The molecule has 17 heavy (non-hydrogen) atoms. The number of fused-ring (bicyclic) bond motifs is 1. The highest BCUT2D eigenvalue weighted by Crippen LogP contribution is 2.20. The van der Waals surface area contributed by atoms with E-state index in [1.54, 1.807) is 0 Å². The van der Waals surface area contributed by atoms with E-state index in [1.165, 1.54) is 43.3 Å². The lowest BCUT2D eigenvalue weighted by molar-refractivity contribution is 0.339. The number of piperidine rings is 1. The number of aryl methyl sites for hydroxylation is 1. The largest absolute Gasteiger partial charge is 0.347 e. The Labute approximate surface area is 103 Å². The van der Waals surface area contributed by atoms with Crippen LogP contribution in [0.2, 0.25) is 0 Å². The van der Waals surface area contributed by atoms with Gasteiger partial charge in [-0.25, -0.2) is 0 Å². The van der Waals surface area contributed by atoms with E-state index in [0.717, 1.165) is 12.5 Å². The van der Waals surface area contributed by atoms with Crippen LogP contribution in [0.15, 0.2) is 30.5 Å². The van der Waals surface area contributed by atoms with E-state index in [2.05, 4.69) is 46.4 Å². The molecule has 1 saturated heterocycles. The molecule has 0 saturated carbocycles. The Bertz CT molecular complexity index is 480. The molecule has 2 nitrogen and oxygen atoms in total. The van der Waals surface area contributed by atoms with Gasteiger partial charge in [0, 0.05) is 29.7 Å². The Kier molecular flexibility index (Phi) is 3.14. The van der Waals surface area contributed by atoms with Crippen molar-refractivity contribution in [3.63, 3.8) is 0 Å². The molecule has 0 aliphatic carbocycles. The number of nitrogens with zero attached hydrogens (tertiary/aromatic N) is 1. The number of nitrogens with one attached hydrogen (secondary N) is 1. The highest BCUT2D eigenvalue weighted by Gasteiger charge is 2.12. The Balaban J connectivity index is 1.68. The van der Waals surface area contributed by atoms with E-state index < -0.39 is 0 Å². The fourth-order valence-electron chi connectivity index (χ4n) is 2.74. The third kappa shape index (κ3) is 2.37. The molecule has 1 radical (unpaired) electrons. The van der Waals surface area contributed by atoms with Crippen LogP contribution in [0.4, 0.5) is 0 Å². The molecule has 2 heteroatoms. The highest BCUT2D eigenvalue weighted by molar-refractivity contribution is 5.79. The summed E-state index contributed by atoms with van der Waals surface area (Å²) < 4.78 is 2.34. The lowest BCUT2D eigenvalue weighted by atomic mass is 9.95. The van der Waals surface area contributed by atoms with Crippen LogP contribution in [0.1, 0.15) is 19.3 Å². The minimum absolute atomic E-state index is 0.900. The maximum atomic E-state index is 3.42. The summed E-state index contributed by atoms with van der Waals surface area (Å²) >= 11 is 0. The summed E-state index contributed by atoms with van der Waals surface area (Å²) in [6.07, 6.45) is 6.08. The van der Waals surface area contributed by atoms with Crippen molar-refractivity contribution < 1.29 is 0 Å². The molecule has 1 aliphatic heterocycles.